The molecule has 0 saturated carbocycles. The molecule has 1 atom stereocenters. The summed E-state index contributed by atoms with van der Waals surface area (Å²) in [4.78, 5) is 10.7. The standard InChI is InChI=1S/C17H21NO/c19-12-14-7-5-13(6-8-14)11-17-16-4-2-1-3-15(16)9-10-18-17/h5-8,12,17-18H,1-4,9-11H2. The van der Waals surface area contributed by atoms with E-state index < -0.39 is 0 Å². The van der Waals surface area contributed by atoms with Gasteiger partial charge >= 0.3 is 0 Å². The summed E-state index contributed by atoms with van der Waals surface area (Å²) >= 11 is 0. The summed E-state index contributed by atoms with van der Waals surface area (Å²) in [5.41, 5.74) is 5.48. The first kappa shape index (κ1) is 12.6. The molecule has 1 aliphatic heterocycles. The Morgan fingerprint density at radius 2 is 1.89 bits per heavy atom. The van der Waals surface area contributed by atoms with Crippen molar-refractivity contribution < 1.29 is 4.79 Å². The average molecular weight is 255 g/mol. The van der Waals surface area contributed by atoms with Crippen LogP contribution >= 0.6 is 0 Å². The number of carbonyl (C=O) groups excluding carboxylic acids is 1. The molecule has 19 heavy (non-hydrogen) atoms. The van der Waals surface area contributed by atoms with Crippen molar-refractivity contribution in [2.75, 3.05) is 6.54 Å². The fraction of sp³-hybridized carbons (Fsp3) is 0.471. The molecular weight excluding hydrogens is 234 g/mol. The fourth-order valence-electron chi connectivity index (χ4n) is 3.38. The van der Waals surface area contributed by atoms with Crippen molar-refractivity contribution >= 4 is 6.29 Å². The van der Waals surface area contributed by atoms with Crippen molar-refractivity contribution in [1.29, 1.82) is 0 Å². The number of benzene rings is 1. The van der Waals surface area contributed by atoms with Gasteiger partial charge in [0.25, 0.3) is 0 Å². The second kappa shape index (κ2) is 5.70. The average Bonchev–Trinajstić information content (AvgIpc) is 2.48. The van der Waals surface area contributed by atoms with E-state index in [-0.39, 0.29) is 0 Å². The maximum Gasteiger partial charge on any atom is 0.150 e. The molecule has 0 fully saturated rings. The molecule has 0 amide bonds. The lowest BCUT2D eigenvalue weighted by Gasteiger charge is -2.33. The predicted octanol–water partition coefficient (Wildman–Crippen LogP) is 3.27. The number of aldehydes is 1. The van der Waals surface area contributed by atoms with Gasteiger partial charge in [0.15, 0.2) is 0 Å². The molecule has 1 unspecified atom stereocenters. The van der Waals surface area contributed by atoms with Crippen molar-refractivity contribution in [3.05, 3.63) is 46.5 Å². The van der Waals surface area contributed by atoms with Crippen LogP contribution < -0.4 is 5.32 Å². The first-order valence-electron chi connectivity index (χ1n) is 7.35. The third-order valence-corrected chi connectivity index (χ3v) is 4.42. The molecule has 100 valence electrons. The lowest BCUT2D eigenvalue weighted by atomic mass is 9.81. The fourth-order valence-corrected chi connectivity index (χ4v) is 3.38. The zero-order valence-electron chi connectivity index (χ0n) is 11.3. The minimum Gasteiger partial charge on any atom is -0.310 e. The summed E-state index contributed by atoms with van der Waals surface area (Å²) in [5, 5.41) is 3.67. The monoisotopic (exact) mass is 255 g/mol. The zero-order chi connectivity index (χ0) is 13.1. The van der Waals surface area contributed by atoms with Crippen LogP contribution in [0.2, 0.25) is 0 Å². The highest BCUT2D eigenvalue weighted by molar-refractivity contribution is 5.74. The Morgan fingerprint density at radius 3 is 2.68 bits per heavy atom. The number of nitrogens with one attached hydrogen (secondary N) is 1. The lowest BCUT2D eigenvalue weighted by molar-refractivity contribution is 0.112. The summed E-state index contributed by atoms with van der Waals surface area (Å²) in [6, 6.07) is 8.53. The summed E-state index contributed by atoms with van der Waals surface area (Å²) in [7, 11) is 0. The number of rotatable bonds is 3. The van der Waals surface area contributed by atoms with Crippen LogP contribution in [0.1, 0.15) is 48.0 Å². The zero-order valence-corrected chi connectivity index (χ0v) is 11.3. The number of hydrogen-bond acceptors (Lipinski definition) is 2. The van der Waals surface area contributed by atoms with Gasteiger partial charge in [0.2, 0.25) is 0 Å². The van der Waals surface area contributed by atoms with E-state index in [2.05, 4.69) is 17.4 Å². The van der Waals surface area contributed by atoms with Gasteiger partial charge in [-0.3, -0.25) is 4.79 Å². The van der Waals surface area contributed by atoms with Gasteiger partial charge in [0, 0.05) is 11.6 Å². The molecule has 1 aromatic rings. The Morgan fingerprint density at radius 1 is 1.11 bits per heavy atom. The summed E-state index contributed by atoms with van der Waals surface area (Å²) in [6.07, 6.45) is 8.52. The molecule has 2 nitrogen and oxygen atoms in total. The topological polar surface area (TPSA) is 29.1 Å². The second-order valence-corrected chi connectivity index (χ2v) is 5.66. The Balaban J connectivity index is 1.76. The van der Waals surface area contributed by atoms with Gasteiger partial charge in [-0.05, 0) is 50.6 Å². The van der Waals surface area contributed by atoms with Crippen molar-refractivity contribution in [2.45, 2.75) is 44.6 Å². The largest absolute Gasteiger partial charge is 0.310 e. The van der Waals surface area contributed by atoms with E-state index in [1.54, 1.807) is 11.1 Å². The molecule has 1 aliphatic carbocycles. The van der Waals surface area contributed by atoms with E-state index in [1.807, 2.05) is 12.1 Å². The minimum atomic E-state index is 0.520. The second-order valence-electron chi connectivity index (χ2n) is 5.66. The van der Waals surface area contributed by atoms with Gasteiger partial charge in [-0.2, -0.15) is 0 Å². The summed E-state index contributed by atoms with van der Waals surface area (Å²) < 4.78 is 0. The van der Waals surface area contributed by atoms with Crippen molar-refractivity contribution in [2.24, 2.45) is 0 Å². The third kappa shape index (κ3) is 2.79. The van der Waals surface area contributed by atoms with Crippen LogP contribution in [-0.4, -0.2) is 18.9 Å². The third-order valence-electron chi connectivity index (χ3n) is 4.42. The van der Waals surface area contributed by atoms with Gasteiger partial charge < -0.3 is 5.32 Å². The molecule has 1 heterocycles. The van der Waals surface area contributed by atoms with Gasteiger partial charge in [-0.25, -0.2) is 0 Å². The SMILES string of the molecule is O=Cc1ccc(CC2NCCC3=C2CCCC3)cc1. The predicted molar refractivity (Wildman–Crippen MR) is 77.4 cm³/mol. The van der Waals surface area contributed by atoms with Crippen LogP contribution in [0.4, 0.5) is 0 Å². The van der Waals surface area contributed by atoms with Crippen LogP contribution in [0, 0.1) is 0 Å². The Hall–Kier alpha value is -1.41. The molecule has 3 rings (SSSR count). The van der Waals surface area contributed by atoms with E-state index >= 15 is 0 Å². The normalized spacial score (nSPS) is 23.1. The maximum atomic E-state index is 10.7. The van der Waals surface area contributed by atoms with Crippen molar-refractivity contribution in [3.63, 3.8) is 0 Å². The van der Waals surface area contributed by atoms with E-state index in [9.17, 15) is 4.79 Å². The maximum absolute atomic E-state index is 10.7. The molecule has 2 aliphatic rings. The first-order valence-corrected chi connectivity index (χ1v) is 7.35. The van der Waals surface area contributed by atoms with E-state index in [1.165, 1.54) is 37.7 Å². The van der Waals surface area contributed by atoms with Crippen LogP contribution in [0.25, 0.3) is 0 Å². The number of carbonyl (C=O) groups is 1. The van der Waals surface area contributed by atoms with Crippen molar-refractivity contribution in [3.8, 4) is 0 Å². The molecule has 2 heteroatoms. The summed E-state index contributed by atoms with van der Waals surface area (Å²) in [6.45, 7) is 1.12. The van der Waals surface area contributed by atoms with E-state index in [0.717, 1.165) is 24.8 Å². The highest BCUT2D eigenvalue weighted by Gasteiger charge is 2.24. The van der Waals surface area contributed by atoms with Crippen LogP contribution in [0.15, 0.2) is 35.4 Å². The minimum absolute atomic E-state index is 0.520. The Bertz CT molecular complexity index is 482. The molecule has 0 radical (unpaired) electrons. The number of hydrogen-bond donors (Lipinski definition) is 1. The van der Waals surface area contributed by atoms with Crippen LogP contribution in [0.5, 0.6) is 0 Å². The first-order chi connectivity index (χ1) is 9.36. The van der Waals surface area contributed by atoms with Crippen LogP contribution in [-0.2, 0) is 6.42 Å². The summed E-state index contributed by atoms with van der Waals surface area (Å²) in [5.74, 6) is 0. The Labute approximate surface area is 114 Å². The molecule has 1 aromatic carbocycles. The van der Waals surface area contributed by atoms with Crippen molar-refractivity contribution in [1.82, 2.24) is 5.32 Å². The van der Waals surface area contributed by atoms with Gasteiger partial charge in [-0.1, -0.05) is 35.4 Å². The smallest absolute Gasteiger partial charge is 0.150 e. The molecule has 0 aromatic heterocycles. The molecule has 0 saturated heterocycles. The highest BCUT2D eigenvalue weighted by atomic mass is 16.1. The molecular formula is C17H21NO. The van der Waals surface area contributed by atoms with Crippen LogP contribution in [0.3, 0.4) is 0 Å². The van der Waals surface area contributed by atoms with E-state index in [4.69, 9.17) is 0 Å². The van der Waals surface area contributed by atoms with Gasteiger partial charge in [-0.15, -0.1) is 0 Å². The molecule has 1 N–H and O–H groups in total. The molecule has 0 bridgehead atoms. The quantitative estimate of drug-likeness (QED) is 0.663. The lowest BCUT2D eigenvalue weighted by Crippen LogP contribution is -2.39. The van der Waals surface area contributed by atoms with Gasteiger partial charge in [0.05, 0.1) is 0 Å². The molecule has 0 spiro atoms. The highest BCUT2D eigenvalue weighted by Crippen LogP contribution is 2.32. The van der Waals surface area contributed by atoms with E-state index in [0.29, 0.717) is 6.04 Å². The van der Waals surface area contributed by atoms with Gasteiger partial charge in [0.1, 0.15) is 6.29 Å². The Kier molecular flexibility index (Phi) is 3.79.